The molecule has 4 rings (SSSR count). The Labute approximate surface area is 193 Å². The second kappa shape index (κ2) is 10.0. The first kappa shape index (κ1) is 23.4. The number of hydrogen-bond donors (Lipinski definition) is 1. The summed E-state index contributed by atoms with van der Waals surface area (Å²) in [5.74, 6) is -0.526. The molecule has 1 N–H and O–H groups in total. The van der Waals surface area contributed by atoms with Crippen LogP contribution in [0.25, 0.3) is 0 Å². The van der Waals surface area contributed by atoms with Crippen molar-refractivity contribution in [3.8, 4) is 5.75 Å². The molecule has 0 saturated carbocycles. The van der Waals surface area contributed by atoms with Crippen LogP contribution < -0.4 is 10.1 Å². The molecule has 3 aromatic rings. The Morgan fingerprint density at radius 3 is 2.21 bits per heavy atom. The van der Waals surface area contributed by atoms with Gasteiger partial charge in [0.15, 0.2) is 5.76 Å². The largest absolute Gasteiger partial charge is 0.573 e. The third-order valence-corrected chi connectivity index (χ3v) is 5.36. The Kier molecular flexibility index (Phi) is 6.87. The number of anilines is 1. The summed E-state index contributed by atoms with van der Waals surface area (Å²) >= 11 is 0. The first-order chi connectivity index (χ1) is 16.3. The molecule has 2 aromatic carbocycles. The highest BCUT2D eigenvalue weighted by atomic mass is 19.4. The van der Waals surface area contributed by atoms with E-state index in [9.17, 15) is 22.8 Å². The highest BCUT2D eigenvalue weighted by Crippen LogP contribution is 2.23. The van der Waals surface area contributed by atoms with Crippen molar-refractivity contribution in [3.05, 3.63) is 83.8 Å². The van der Waals surface area contributed by atoms with Crippen molar-refractivity contribution in [1.29, 1.82) is 0 Å². The number of halogens is 3. The van der Waals surface area contributed by atoms with E-state index in [1.807, 2.05) is 0 Å². The average molecular weight is 473 g/mol. The normalized spacial score (nSPS) is 14.6. The fraction of sp³-hybridized carbons (Fsp3) is 0.250. The van der Waals surface area contributed by atoms with Crippen LogP contribution in [0.15, 0.2) is 71.3 Å². The van der Waals surface area contributed by atoms with Crippen LogP contribution in [-0.4, -0.2) is 54.2 Å². The highest BCUT2D eigenvalue weighted by molar-refractivity contribution is 6.02. The molecule has 0 unspecified atom stereocenters. The third-order valence-electron chi connectivity index (χ3n) is 5.36. The molecule has 178 valence electrons. The van der Waals surface area contributed by atoms with Crippen molar-refractivity contribution in [2.45, 2.75) is 12.9 Å². The van der Waals surface area contributed by atoms with Crippen molar-refractivity contribution in [3.63, 3.8) is 0 Å². The number of nitrogens with one attached hydrogen (secondary N) is 1. The predicted octanol–water partition coefficient (Wildman–Crippen LogP) is 4.39. The number of piperazine rings is 1. The smallest absolute Gasteiger partial charge is 0.459 e. The number of rotatable bonds is 6. The van der Waals surface area contributed by atoms with Crippen LogP contribution >= 0.6 is 0 Å². The zero-order valence-corrected chi connectivity index (χ0v) is 18.0. The molecule has 7 nitrogen and oxygen atoms in total. The number of nitrogens with zero attached hydrogens (tertiary/aromatic N) is 2. The predicted molar refractivity (Wildman–Crippen MR) is 117 cm³/mol. The van der Waals surface area contributed by atoms with Gasteiger partial charge in [-0.05, 0) is 54.1 Å². The molecular weight excluding hydrogens is 451 g/mol. The SMILES string of the molecule is O=C(Nc1ccc(C(=O)N2CCN(Cc3ccc(OC(F)(F)F)cc3)CC2)cc1)c1ccco1. The summed E-state index contributed by atoms with van der Waals surface area (Å²) in [6.45, 7) is 2.92. The van der Waals surface area contributed by atoms with Crippen molar-refractivity contribution >= 4 is 17.5 Å². The number of amides is 2. The quantitative estimate of drug-likeness (QED) is 0.575. The van der Waals surface area contributed by atoms with Crippen LogP contribution in [0.2, 0.25) is 0 Å². The Morgan fingerprint density at radius 1 is 0.941 bits per heavy atom. The van der Waals surface area contributed by atoms with E-state index in [4.69, 9.17) is 4.42 Å². The number of hydrogen-bond acceptors (Lipinski definition) is 5. The minimum atomic E-state index is -4.71. The average Bonchev–Trinajstić information content (AvgIpc) is 3.35. The van der Waals surface area contributed by atoms with Gasteiger partial charge in [0.05, 0.1) is 6.26 Å². The van der Waals surface area contributed by atoms with Crippen molar-refractivity contribution in [1.82, 2.24) is 9.80 Å². The van der Waals surface area contributed by atoms with Gasteiger partial charge in [0.25, 0.3) is 11.8 Å². The summed E-state index contributed by atoms with van der Waals surface area (Å²) in [6, 6.07) is 15.6. The van der Waals surface area contributed by atoms with E-state index >= 15 is 0 Å². The lowest BCUT2D eigenvalue weighted by Crippen LogP contribution is -2.48. The van der Waals surface area contributed by atoms with Crippen LogP contribution in [0.5, 0.6) is 5.75 Å². The van der Waals surface area contributed by atoms with E-state index in [1.54, 1.807) is 53.4 Å². The van der Waals surface area contributed by atoms with Gasteiger partial charge in [-0.15, -0.1) is 13.2 Å². The zero-order chi connectivity index (χ0) is 24.1. The monoisotopic (exact) mass is 473 g/mol. The first-order valence-corrected chi connectivity index (χ1v) is 10.6. The summed E-state index contributed by atoms with van der Waals surface area (Å²) in [6.07, 6.45) is -3.29. The summed E-state index contributed by atoms with van der Waals surface area (Å²) < 4.78 is 45.8. The van der Waals surface area contributed by atoms with Gasteiger partial charge in [-0.3, -0.25) is 14.5 Å². The van der Waals surface area contributed by atoms with E-state index in [1.165, 1.54) is 18.4 Å². The minimum Gasteiger partial charge on any atom is -0.459 e. The number of benzene rings is 2. The molecule has 1 aliphatic heterocycles. The molecule has 0 spiro atoms. The molecule has 0 bridgehead atoms. The van der Waals surface area contributed by atoms with E-state index in [-0.39, 0.29) is 23.3 Å². The lowest BCUT2D eigenvalue weighted by molar-refractivity contribution is -0.274. The van der Waals surface area contributed by atoms with Crippen LogP contribution in [0.4, 0.5) is 18.9 Å². The standard InChI is InChI=1S/C24H22F3N3O4/c25-24(26,27)34-20-9-3-17(4-10-20)16-29-11-13-30(14-12-29)23(32)18-5-7-19(8-6-18)28-22(31)21-2-1-15-33-21/h1-10,15H,11-14,16H2,(H,28,31). The van der Waals surface area contributed by atoms with Gasteiger partial charge in [0, 0.05) is 44.0 Å². The van der Waals surface area contributed by atoms with Crippen LogP contribution in [-0.2, 0) is 6.54 Å². The summed E-state index contributed by atoms with van der Waals surface area (Å²) in [7, 11) is 0. The number of alkyl halides is 3. The number of carbonyl (C=O) groups is 2. The van der Waals surface area contributed by atoms with E-state index < -0.39 is 6.36 Å². The van der Waals surface area contributed by atoms with Crippen LogP contribution in [0, 0.1) is 0 Å². The summed E-state index contributed by atoms with van der Waals surface area (Å²) in [5.41, 5.74) is 1.93. The van der Waals surface area contributed by atoms with Gasteiger partial charge < -0.3 is 19.4 Å². The molecular formula is C24H22F3N3O4. The fourth-order valence-electron chi connectivity index (χ4n) is 3.64. The Balaban J connectivity index is 1.26. The van der Waals surface area contributed by atoms with E-state index in [0.717, 1.165) is 5.56 Å². The van der Waals surface area contributed by atoms with Gasteiger partial charge in [-0.1, -0.05) is 12.1 Å². The van der Waals surface area contributed by atoms with Gasteiger partial charge in [-0.25, -0.2) is 0 Å². The van der Waals surface area contributed by atoms with Gasteiger partial charge in [0.2, 0.25) is 0 Å². The summed E-state index contributed by atoms with van der Waals surface area (Å²) in [5, 5.41) is 2.71. The maximum atomic E-state index is 12.8. The number of carbonyl (C=O) groups excluding carboxylic acids is 2. The lowest BCUT2D eigenvalue weighted by atomic mass is 10.1. The Morgan fingerprint density at radius 2 is 1.62 bits per heavy atom. The molecule has 34 heavy (non-hydrogen) atoms. The molecule has 0 aliphatic carbocycles. The Hall–Kier alpha value is -3.79. The second-order valence-electron chi connectivity index (χ2n) is 7.77. The maximum absolute atomic E-state index is 12.8. The number of furan rings is 1. The molecule has 2 heterocycles. The van der Waals surface area contributed by atoms with Gasteiger partial charge in [-0.2, -0.15) is 0 Å². The maximum Gasteiger partial charge on any atom is 0.573 e. The highest BCUT2D eigenvalue weighted by Gasteiger charge is 2.31. The molecule has 10 heteroatoms. The molecule has 1 fully saturated rings. The van der Waals surface area contributed by atoms with E-state index in [2.05, 4.69) is 15.0 Å². The fourth-order valence-corrected chi connectivity index (χ4v) is 3.64. The second-order valence-corrected chi connectivity index (χ2v) is 7.77. The minimum absolute atomic E-state index is 0.0998. The molecule has 1 aliphatic rings. The third kappa shape index (κ3) is 6.16. The van der Waals surface area contributed by atoms with Gasteiger partial charge in [0.1, 0.15) is 5.75 Å². The Bertz CT molecular complexity index is 1110. The molecule has 1 saturated heterocycles. The molecule has 0 atom stereocenters. The summed E-state index contributed by atoms with van der Waals surface area (Å²) in [4.78, 5) is 28.8. The van der Waals surface area contributed by atoms with Crippen molar-refractivity contribution in [2.24, 2.45) is 0 Å². The molecule has 2 amide bonds. The van der Waals surface area contributed by atoms with Crippen LogP contribution in [0.3, 0.4) is 0 Å². The molecule has 1 aromatic heterocycles. The van der Waals surface area contributed by atoms with E-state index in [0.29, 0.717) is 44.0 Å². The zero-order valence-electron chi connectivity index (χ0n) is 18.0. The lowest BCUT2D eigenvalue weighted by Gasteiger charge is -2.34. The first-order valence-electron chi connectivity index (χ1n) is 10.6. The topological polar surface area (TPSA) is 75.0 Å². The molecule has 0 radical (unpaired) electrons. The van der Waals surface area contributed by atoms with Gasteiger partial charge >= 0.3 is 6.36 Å². The number of ether oxygens (including phenoxy) is 1. The van der Waals surface area contributed by atoms with Crippen molar-refractivity contribution in [2.75, 3.05) is 31.5 Å². The van der Waals surface area contributed by atoms with Crippen LogP contribution in [0.1, 0.15) is 26.5 Å². The van der Waals surface area contributed by atoms with Crippen molar-refractivity contribution < 1.29 is 31.9 Å².